The first-order valence-corrected chi connectivity index (χ1v) is 6.49. The summed E-state index contributed by atoms with van der Waals surface area (Å²) in [6.07, 6.45) is 0.847. The number of nitrogens with one attached hydrogen (secondary N) is 1. The summed E-state index contributed by atoms with van der Waals surface area (Å²) in [5.41, 5.74) is 2.05. The van der Waals surface area contributed by atoms with Crippen molar-refractivity contribution in [3.05, 3.63) is 34.2 Å². The topological polar surface area (TPSA) is 37.8 Å². The van der Waals surface area contributed by atoms with E-state index in [1.165, 1.54) is 0 Å². The molecule has 0 radical (unpaired) electrons. The Morgan fingerprint density at radius 2 is 2.12 bits per heavy atom. The second-order valence-corrected chi connectivity index (χ2v) is 5.20. The van der Waals surface area contributed by atoms with Crippen LogP contribution in [0.15, 0.2) is 22.7 Å². The maximum atomic E-state index is 4.60. The molecular weight excluding hydrogens is 278 g/mol. The van der Waals surface area contributed by atoms with Gasteiger partial charge in [0.1, 0.15) is 5.82 Å². The SMILES string of the molecule is CNC(C)Cc1nc(C)c2ccc(Br)cc2n1. The quantitative estimate of drug-likeness (QED) is 0.946. The van der Waals surface area contributed by atoms with Gasteiger partial charge in [-0.05, 0) is 39.1 Å². The lowest BCUT2D eigenvalue weighted by Crippen LogP contribution is -2.24. The van der Waals surface area contributed by atoms with E-state index >= 15 is 0 Å². The van der Waals surface area contributed by atoms with Crippen LogP contribution in [-0.4, -0.2) is 23.1 Å². The molecule has 1 heterocycles. The Morgan fingerprint density at radius 3 is 2.82 bits per heavy atom. The summed E-state index contributed by atoms with van der Waals surface area (Å²) in [4.78, 5) is 9.16. The van der Waals surface area contributed by atoms with Crippen molar-refractivity contribution in [1.29, 1.82) is 0 Å². The van der Waals surface area contributed by atoms with Crippen molar-refractivity contribution in [2.45, 2.75) is 26.3 Å². The molecule has 1 N–H and O–H groups in total. The molecule has 0 fully saturated rings. The van der Waals surface area contributed by atoms with E-state index in [2.05, 4.69) is 44.2 Å². The van der Waals surface area contributed by atoms with E-state index < -0.39 is 0 Å². The summed E-state index contributed by atoms with van der Waals surface area (Å²) in [5, 5.41) is 4.32. The molecule has 0 amide bonds. The van der Waals surface area contributed by atoms with Gasteiger partial charge >= 0.3 is 0 Å². The first-order valence-electron chi connectivity index (χ1n) is 5.70. The molecule has 3 nitrogen and oxygen atoms in total. The van der Waals surface area contributed by atoms with Crippen LogP contribution in [-0.2, 0) is 6.42 Å². The molecule has 1 atom stereocenters. The second kappa shape index (κ2) is 5.10. The molecule has 90 valence electrons. The van der Waals surface area contributed by atoms with Gasteiger partial charge in [-0.25, -0.2) is 9.97 Å². The third-order valence-electron chi connectivity index (χ3n) is 2.88. The number of rotatable bonds is 3. The summed E-state index contributed by atoms with van der Waals surface area (Å²) in [6, 6.07) is 6.51. The summed E-state index contributed by atoms with van der Waals surface area (Å²) < 4.78 is 1.05. The van der Waals surface area contributed by atoms with Gasteiger partial charge in [-0.1, -0.05) is 15.9 Å². The van der Waals surface area contributed by atoms with Crippen LogP contribution in [0.5, 0.6) is 0 Å². The van der Waals surface area contributed by atoms with Gasteiger partial charge in [0.2, 0.25) is 0 Å². The number of benzene rings is 1. The summed E-state index contributed by atoms with van der Waals surface area (Å²) in [6.45, 7) is 4.16. The lowest BCUT2D eigenvalue weighted by atomic mass is 10.1. The molecule has 0 aliphatic carbocycles. The Bertz CT molecular complexity index is 539. The van der Waals surface area contributed by atoms with Crippen molar-refractivity contribution in [2.24, 2.45) is 0 Å². The van der Waals surface area contributed by atoms with Crippen LogP contribution in [0.2, 0.25) is 0 Å². The molecule has 0 spiro atoms. The summed E-state index contributed by atoms with van der Waals surface area (Å²) >= 11 is 3.47. The minimum atomic E-state index is 0.388. The lowest BCUT2D eigenvalue weighted by molar-refractivity contribution is 0.591. The summed E-state index contributed by atoms with van der Waals surface area (Å²) in [7, 11) is 1.95. The molecule has 4 heteroatoms. The fraction of sp³-hybridized carbons (Fsp3) is 0.385. The van der Waals surface area contributed by atoms with Gasteiger partial charge in [-0.15, -0.1) is 0 Å². The summed E-state index contributed by atoms with van der Waals surface area (Å²) in [5.74, 6) is 0.898. The Labute approximate surface area is 110 Å². The predicted molar refractivity (Wildman–Crippen MR) is 74.2 cm³/mol. The first-order chi connectivity index (χ1) is 8.10. The van der Waals surface area contributed by atoms with Crippen molar-refractivity contribution >= 4 is 26.8 Å². The van der Waals surface area contributed by atoms with Gasteiger partial charge in [0.05, 0.1) is 5.52 Å². The molecule has 0 aliphatic heterocycles. The highest BCUT2D eigenvalue weighted by Crippen LogP contribution is 2.20. The Hall–Kier alpha value is -1.00. The molecule has 1 aromatic heterocycles. The number of halogens is 1. The highest BCUT2D eigenvalue weighted by atomic mass is 79.9. The third kappa shape index (κ3) is 2.82. The van der Waals surface area contributed by atoms with Crippen LogP contribution in [0.4, 0.5) is 0 Å². The van der Waals surface area contributed by atoms with Gasteiger partial charge in [0, 0.05) is 28.0 Å². The van der Waals surface area contributed by atoms with Crippen molar-refractivity contribution in [3.63, 3.8) is 0 Å². The van der Waals surface area contributed by atoms with Crippen LogP contribution in [0, 0.1) is 6.92 Å². The zero-order chi connectivity index (χ0) is 12.4. The highest BCUT2D eigenvalue weighted by molar-refractivity contribution is 9.10. The van der Waals surface area contributed by atoms with Crippen LogP contribution < -0.4 is 5.32 Å². The zero-order valence-corrected chi connectivity index (χ0v) is 11.9. The van der Waals surface area contributed by atoms with Crippen LogP contribution in [0.25, 0.3) is 10.9 Å². The largest absolute Gasteiger partial charge is 0.317 e. The molecule has 1 aromatic carbocycles. The molecule has 0 saturated heterocycles. The smallest absolute Gasteiger partial charge is 0.130 e. The molecule has 1 unspecified atom stereocenters. The van der Waals surface area contributed by atoms with Crippen molar-refractivity contribution in [1.82, 2.24) is 15.3 Å². The number of aromatic nitrogens is 2. The van der Waals surface area contributed by atoms with Crippen LogP contribution in [0.1, 0.15) is 18.4 Å². The molecule has 2 rings (SSSR count). The minimum Gasteiger partial charge on any atom is -0.317 e. The van der Waals surface area contributed by atoms with Crippen molar-refractivity contribution in [3.8, 4) is 0 Å². The van der Waals surface area contributed by atoms with Gasteiger partial charge in [0.25, 0.3) is 0 Å². The Balaban J connectivity index is 2.46. The first kappa shape index (κ1) is 12.5. The maximum absolute atomic E-state index is 4.60. The number of aryl methyl sites for hydroxylation is 1. The van der Waals surface area contributed by atoms with Gasteiger partial charge in [0.15, 0.2) is 0 Å². The van der Waals surface area contributed by atoms with Crippen molar-refractivity contribution in [2.75, 3.05) is 7.05 Å². The number of hydrogen-bond acceptors (Lipinski definition) is 3. The normalized spacial score (nSPS) is 12.9. The fourth-order valence-corrected chi connectivity index (χ4v) is 2.14. The van der Waals surface area contributed by atoms with Crippen LogP contribution >= 0.6 is 15.9 Å². The average Bonchev–Trinajstić information content (AvgIpc) is 2.28. The molecule has 0 aliphatic rings. The molecule has 17 heavy (non-hydrogen) atoms. The highest BCUT2D eigenvalue weighted by Gasteiger charge is 2.07. The van der Waals surface area contributed by atoms with Gasteiger partial charge in [-0.2, -0.15) is 0 Å². The Kier molecular flexibility index (Phi) is 3.74. The van der Waals surface area contributed by atoms with E-state index in [0.29, 0.717) is 6.04 Å². The standard InChI is InChI=1S/C13H16BrN3/c1-8(15-3)6-13-16-9(2)11-5-4-10(14)7-12(11)17-13/h4-5,7-8,15H,6H2,1-3H3. The number of fused-ring (bicyclic) bond motifs is 1. The average molecular weight is 294 g/mol. The van der Waals surface area contributed by atoms with E-state index in [1.807, 2.05) is 26.1 Å². The number of nitrogens with zero attached hydrogens (tertiary/aromatic N) is 2. The minimum absolute atomic E-state index is 0.388. The van der Waals surface area contributed by atoms with E-state index in [0.717, 1.165) is 33.3 Å². The number of hydrogen-bond donors (Lipinski definition) is 1. The number of likely N-dealkylation sites (N-methyl/N-ethyl adjacent to an activating group) is 1. The van der Waals surface area contributed by atoms with E-state index in [9.17, 15) is 0 Å². The van der Waals surface area contributed by atoms with E-state index in [4.69, 9.17) is 0 Å². The third-order valence-corrected chi connectivity index (χ3v) is 3.37. The predicted octanol–water partition coefficient (Wildman–Crippen LogP) is 2.85. The van der Waals surface area contributed by atoms with E-state index in [1.54, 1.807) is 0 Å². The van der Waals surface area contributed by atoms with Crippen LogP contribution in [0.3, 0.4) is 0 Å². The monoisotopic (exact) mass is 293 g/mol. The second-order valence-electron chi connectivity index (χ2n) is 4.28. The maximum Gasteiger partial charge on any atom is 0.130 e. The van der Waals surface area contributed by atoms with E-state index in [-0.39, 0.29) is 0 Å². The Morgan fingerprint density at radius 1 is 1.35 bits per heavy atom. The zero-order valence-electron chi connectivity index (χ0n) is 10.3. The lowest BCUT2D eigenvalue weighted by Gasteiger charge is -2.10. The molecule has 0 bridgehead atoms. The molecule has 0 saturated carbocycles. The van der Waals surface area contributed by atoms with Crippen molar-refractivity contribution < 1.29 is 0 Å². The van der Waals surface area contributed by atoms with Gasteiger partial charge < -0.3 is 5.32 Å². The molecular formula is C13H16BrN3. The fourth-order valence-electron chi connectivity index (χ4n) is 1.79. The van der Waals surface area contributed by atoms with Gasteiger partial charge in [-0.3, -0.25) is 0 Å². The molecule has 2 aromatic rings.